The molecule has 2 amide bonds. The molecule has 1 aliphatic rings. The number of hydrogen-bond donors (Lipinski definition) is 0. The van der Waals surface area contributed by atoms with Gasteiger partial charge in [0.25, 0.3) is 5.91 Å². The summed E-state index contributed by atoms with van der Waals surface area (Å²) in [6.07, 6.45) is -0.00961. The average molecular weight is 401 g/mol. The predicted octanol–water partition coefficient (Wildman–Crippen LogP) is 5.01. The van der Waals surface area contributed by atoms with E-state index in [1.54, 1.807) is 19.1 Å². The van der Waals surface area contributed by atoms with Crippen molar-refractivity contribution in [2.24, 2.45) is 0 Å². The molecule has 3 rings (SSSR count). The molecule has 0 unspecified atom stereocenters. The van der Waals surface area contributed by atoms with Crippen molar-refractivity contribution in [2.75, 3.05) is 0 Å². The summed E-state index contributed by atoms with van der Waals surface area (Å²) in [6, 6.07) is 15.1. The molecule has 136 valence electrons. The number of amides is 2. The number of hydrogen-bond acceptors (Lipinski definition) is 4. The highest BCUT2D eigenvalue weighted by molar-refractivity contribution is 6.42. The minimum Gasteiger partial charge on any atom is -0.439 e. The van der Waals surface area contributed by atoms with Crippen molar-refractivity contribution >= 4 is 41.3 Å². The fraction of sp³-hybridized carbons (Fsp3) is 0.150. The molecule has 27 heavy (non-hydrogen) atoms. The SMILES string of the molecule is C[C@@H]1[C@H](c2ccccc2)OC(=O)N1C(=O)/C(C#N)=C/c1ccc(Cl)c(Cl)c1. The number of benzene rings is 2. The number of ether oxygens (including phenoxy) is 1. The summed E-state index contributed by atoms with van der Waals surface area (Å²) in [5, 5.41) is 10.1. The van der Waals surface area contributed by atoms with Crippen molar-refractivity contribution in [3.05, 3.63) is 75.3 Å². The van der Waals surface area contributed by atoms with Gasteiger partial charge in [0.1, 0.15) is 17.7 Å². The molecular formula is C20H14Cl2N2O3. The molecular weight excluding hydrogens is 387 g/mol. The van der Waals surface area contributed by atoms with Crippen molar-refractivity contribution in [1.82, 2.24) is 4.90 Å². The first-order valence-corrected chi connectivity index (χ1v) is 8.84. The summed E-state index contributed by atoms with van der Waals surface area (Å²) in [4.78, 5) is 26.1. The zero-order valence-corrected chi connectivity index (χ0v) is 15.7. The molecule has 0 saturated carbocycles. The summed E-state index contributed by atoms with van der Waals surface area (Å²) in [5.74, 6) is -0.723. The molecule has 0 aromatic heterocycles. The Bertz CT molecular complexity index is 967. The average Bonchev–Trinajstić information content (AvgIpc) is 2.97. The lowest BCUT2D eigenvalue weighted by Crippen LogP contribution is -2.38. The minimum atomic E-state index is -0.781. The lowest BCUT2D eigenvalue weighted by atomic mass is 10.0. The maximum Gasteiger partial charge on any atom is 0.417 e. The Morgan fingerprint density at radius 1 is 1.19 bits per heavy atom. The number of rotatable bonds is 3. The third-order valence-corrected chi connectivity index (χ3v) is 4.96. The zero-order chi connectivity index (χ0) is 19.6. The Labute approximate surface area is 166 Å². The summed E-state index contributed by atoms with van der Waals surface area (Å²) in [7, 11) is 0. The normalized spacial score (nSPS) is 19.6. The van der Waals surface area contributed by atoms with Gasteiger partial charge in [-0.05, 0) is 36.3 Å². The molecule has 1 saturated heterocycles. The van der Waals surface area contributed by atoms with E-state index in [-0.39, 0.29) is 5.57 Å². The first-order chi connectivity index (χ1) is 12.9. The number of cyclic esters (lactones) is 1. The third-order valence-electron chi connectivity index (χ3n) is 4.22. The van der Waals surface area contributed by atoms with Crippen LogP contribution in [-0.4, -0.2) is 22.9 Å². The monoisotopic (exact) mass is 400 g/mol. The Kier molecular flexibility index (Phi) is 5.50. The van der Waals surface area contributed by atoms with E-state index in [4.69, 9.17) is 27.9 Å². The van der Waals surface area contributed by atoms with E-state index in [0.717, 1.165) is 10.5 Å². The summed E-state index contributed by atoms with van der Waals surface area (Å²) in [6.45, 7) is 1.70. The fourth-order valence-corrected chi connectivity index (χ4v) is 3.17. The molecule has 0 aliphatic carbocycles. The maximum absolute atomic E-state index is 12.8. The quantitative estimate of drug-likeness (QED) is 0.536. The van der Waals surface area contributed by atoms with Crippen LogP contribution in [0.25, 0.3) is 6.08 Å². The fourth-order valence-electron chi connectivity index (χ4n) is 2.86. The van der Waals surface area contributed by atoms with E-state index in [1.165, 1.54) is 12.1 Å². The highest BCUT2D eigenvalue weighted by Gasteiger charge is 2.44. The number of carbonyl (C=O) groups excluding carboxylic acids is 2. The van der Waals surface area contributed by atoms with Crippen molar-refractivity contribution in [1.29, 1.82) is 5.26 Å². The molecule has 1 aliphatic heterocycles. The van der Waals surface area contributed by atoms with Crippen LogP contribution < -0.4 is 0 Å². The molecule has 0 spiro atoms. The van der Waals surface area contributed by atoms with Crippen LogP contribution in [0.5, 0.6) is 0 Å². The Balaban J connectivity index is 1.89. The van der Waals surface area contributed by atoms with Crippen molar-refractivity contribution in [2.45, 2.75) is 19.1 Å². The van der Waals surface area contributed by atoms with E-state index in [2.05, 4.69) is 0 Å². The van der Waals surface area contributed by atoms with Crippen LogP contribution in [-0.2, 0) is 9.53 Å². The first kappa shape index (κ1) is 19.0. The number of halogens is 2. The third kappa shape index (κ3) is 3.82. The number of imide groups is 1. The second-order valence-electron chi connectivity index (χ2n) is 5.97. The standard InChI is InChI=1S/C20H14Cl2N2O3/c1-12-18(14-5-3-2-4-6-14)27-20(26)24(12)19(25)15(11-23)9-13-7-8-16(21)17(22)10-13/h2-10,12,18H,1H3/b15-9+/t12-,18-/m1/s1. The van der Waals surface area contributed by atoms with Crippen LogP contribution in [0, 0.1) is 11.3 Å². The molecule has 2 atom stereocenters. The molecule has 5 nitrogen and oxygen atoms in total. The van der Waals surface area contributed by atoms with E-state index in [9.17, 15) is 14.9 Å². The number of carbonyl (C=O) groups is 2. The van der Waals surface area contributed by atoms with Gasteiger partial charge in [0.15, 0.2) is 0 Å². The number of nitrogens with zero attached hydrogens (tertiary/aromatic N) is 2. The van der Waals surface area contributed by atoms with Crippen LogP contribution in [0.15, 0.2) is 54.1 Å². The van der Waals surface area contributed by atoms with E-state index < -0.39 is 24.1 Å². The lowest BCUT2D eigenvalue weighted by molar-refractivity contribution is -0.124. The molecule has 2 aromatic rings. The molecule has 1 heterocycles. The van der Waals surface area contributed by atoms with Gasteiger partial charge in [-0.2, -0.15) is 5.26 Å². The predicted molar refractivity (Wildman–Crippen MR) is 102 cm³/mol. The van der Waals surface area contributed by atoms with Crippen LogP contribution in [0.4, 0.5) is 4.79 Å². The van der Waals surface area contributed by atoms with Gasteiger partial charge in [-0.25, -0.2) is 9.69 Å². The van der Waals surface area contributed by atoms with E-state index in [0.29, 0.717) is 15.6 Å². The van der Waals surface area contributed by atoms with Crippen LogP contribution in [0.2, 0.25) is 10.0 Å². The first-order valence-electron chi connectivity index (χ1n) is 8.08. The topological polar surface area (TPSA) is 70.4 Å². The highest BCUT2D eigenvalue weighted by atomic mass is 35.5. The summed E-state index contributed by atoms with van der Waals surface area (Å²) >= 11 is 11.8. The van der Waals surface area contributed by atoms with Gasteiger partial charge in [-0.1, -0.05) is 59.6 Å². The van der Waals surface area contributed by atoms with Crippen molar-refractivity contribution in [3.63, 3.8) is 0 Å². The summed E-state index contributed by atoms with van der Waals surface area (Å²) in [5.41, 5.74) is 1.10. The van der Waals surface area contributed by atoms with Crippen LogP contribution in [0.1, 0.15) is 24.2 Å². The van der Waals surface area contributed by atoms with Gasteiger partial charge in [0, 0.05) is 0 Å². The molecule has 7 heteroatoms. The van der Waals surface area contributed by atoms with Gasteiger partial charge in [0.05, 0.1) is 16.1 Å². The molecule has 1 fully saturated rings. The highest BCUT2D eigenvalue weighted by Crippen LogP contribution is 2.33. The summed E-state index contributed by atoms with van der Waals surface area (Å²) < 4.78 is 5.36. The van der Waals surface area contributed by atoms with E-state index in [1.807, 2.05) is 36.4 Å². The van der Waals surface area contributed by atoms with Gasteiger partial charge >= 0.3 is 6.09 Å². The molecule has 0 N–H and O–H groups in total. The van der Waals surface area contributed by atoms with Gasteiger partial charge in [-0.3, -0.25) is 4.79 Å². The van der Waals surface area contributed by atoms with Crippen molar-refractivity contribution in [3.8, 4) is 6.07 Å². The second-order valence-corrected chi connectivity index (χ2v) is 6.79. The maximum atomic E-state index is 12.8. The van der Waals surface area contributed by atoms with Gasteiger partial charge < -0.3 is 4.74 Å². The van der Waals surface area contributed by atoms with Crippen LogP contribution >= 0.6 is 23.2 Å². The smallest absolute Gasteiger partial charge is 0.417 e. The van der Waals surface area contributed by atoms with Gasteiger partial charge in [-0.15, -0.1) is 0 Å². The van der Waals surface area contributed by atoms with E-state index >= 15 is 0 Å². The number of nitriles is 1. The molecule has 0 radical (unpaired) electrons. The van der Waals surface area contributed by atoms with Gasteiger partial charge in [0.2, 0.25) is 0 Å². The Morgan fingerprint density at radius 2 is 1.89 bits per heavy atom. The molecule has 0 bridgehead atoms. The Morgan fingerprint density at radius 3 is 2.52 bits per heavy atom. The van der Waals surface area contributed by atoms with Crippen LogP contribution in [0.3, 0.4) is 0 Å². The zero-order valence-electron chi connectivity index (χ0n) is 14.2. The second kappa shape index (κ2) is 7.83. The lowest BCUT2D eigenvalue weighted by Gasteiger charge is -2.19. The molecule has 2 aromatic carbocycles. The minimum absolute atomic E-state index is 0.203. The largest absolute Gasteiger partial charge is 0.439 e. The Hall–Kier alpha value is -2.81. The van der Waals surface area contributed by atoms with Crippen molar-refractivity contribution < 1.29 is 14.3 Å².